The zero-order valence-electron chi connectivity index (χ0n) is 20.4. The summed E-state index contributed by atoms with van der Waals surface area (Å²) in [5.41, 5.74) is 22.5. The number of urea groups is 1. The summed E-state index contributed by atoms with van der Waals surface area (Å²) in [6, 6.07) is -6.41. The van der Waals surface area contributed by atoms with Crippen molar-refractivity contribution >= 4 is 29.8 Å². The summed E-state index contributed by atoms with van der Waals surface area (Å²) in [5, 5.41) is 44.7. The van der Waals surface area contributed by atoms with E-state index in [0.717, 1.165) is 4.90 Å². The Balaban J connectivity index is 2.57. The van der Waals surface area contributed by atoms with Crippen molar-refractivity contribution in [2.45, 2.75) is 82.1 Å². The number of aliphatic imine (C=N–C) groups is 1. The second kappa shape index (κ2) is 13.3. The fraction of sp³-hybridized carbons (Fsp3) is 0.750. The topological polar surface area (TPSA) is 293 Å². The maximum atomic E-state index is 12.4. The number of carboxylic acid groups (broad SMARTS) is 1. The van der Waals surface area contributed by atoms with Crippen molar-refractivity contribution in [2.24, 2.45) is 33.8 Å². The number of aliphatic hydroxyl groups is 3. The van der Waals surface area contributed by atoms with Crippen molar-refractivity contribution in [1.29, 1.82) is 0 Å². The van der Waals surface area contributed by atoms with Crippen LogP contribution in [0.5, 0.6) is 0 Å². The molecule has 0 aromatic carbocycles. The fourth-order valence-corrected chi connectivity index (χ4v) is 3.48. The molecule has 8 atom stereocenters. The molecule has 4 amide bonds. The van der Waals surface area contributed by atoms with Gasteiger partial charge in [0.25, 0.3) is 0 Å². The number of carbonyl (C=O) groups excluding carboxylic acids is 3. The van der Waals surface area contributed by atoms with Gasteiger partial charge in [-0.3, -0.25) is 14.5 Å². The van der Waals surface area contributed by atoms with E-state index < -0.39 is 72.3 Å². The molecule has 0 radical (unpaired) electrons. The predicted octanol–water partition coefficient (Wildman–Crippen LogP) is -4.69. The molecule has 1 rings (SSSR count). The summed E-state index contributed by atoms with van der Waals surface area (Å²) in [4.78, 5) is 51.9. The molecular weight excluding hydrogens is 480 g/mol. The van der Waals surface area contributed by atoms with E-state index in [1.165, 1.54) is 6.92 Å². The molecule has 0 aliphatic carbocycles. The van der Waals surface area contributed by atoms with E-state index in [0.29, 0.717) is 0 Å². The highest BCUT2D eigenvalue weighted by molar-refractivity contribution is 5.96. The van der Waals surface area contributed by atoms with Crippen LogP contribution in [0.15, 0.2) is 4.99 Å². The van der Waals surface area contributed by atoms with Gasteiger partial charge in [0, 0.05) is 6.04 Å². The SMILES string of the molecule is CC(C)[C@H](NC(=O)[C@H](C)NC(=O)[C@@H](N)[C@@H](N)CC[C@@H](O)[C@H](O)C(O)[C@@H]1CN(C(N)=O)C(N)=N1)C(=O)O. The smallest absolute Gasteiger partial charge is 0.326 e. The first-order valence-electron chi connectivity index (χ1n) is 11.4. The Hall–Kier alpha value is -3.05. The lowest BCUT2D eigenvalue weighted by molar-refractivity contribution is -0.143. The number of nitrogens with zero attached hydrogens (tertiary/aromatic N) is 2. The normalized spacial score (nSPS) is 21.5. The zero-order valence-corrected chi connectivity index (χ0v) is 20.4. The van der Waals surface area contributed by atoms with Crippen LogP contribution in [0.2, 0.25) is 0 Å². The van der Waals surface area contributed by atoms with Crippen molar-refractivity contribution in [3.8, 4) is 0 Å². The maximum absolute atomic E-state index is 12.4. The van der Waals surface area contributed by atoms with E-state index in [-0.39, 0.29) is 31.3 Å². The van der Waals surface area contributed by atoms with E-state index in [1.54, 1.807) is 13.8 Å². The molecule has 1 aliphatic rings. The molecule has 16 heteroatoms. The second-order valence-corrected chi connectivity index (χ2v) is 9.12. The maximum Gasteiger partial charge on any atom is 0.326 e. The summed E-state index contributed by atoms with van der Waals surface area (Å²) in [5.74, 6) is -3.32. The number of amides is 4. The predicted molar refractivity (Wildman–Crippen MR) is 127 cm³/mol. The standard InChI is InChI=1S/C20H38N8O8/c1-7(2)13(18(34)35)27-16(32)8(3)25-17(33)12(22)9(21)4-5-11(29)15(31)14(30)10-6-28(20(24)36)19(23)26-10/h7-15,29-31H,4-6,21-22H2,1-3H3,(H2,23,26)(H2,24,36)(H,25,33)(H,27,32)(H,34,35)/t8-,9-,10-,11+,12-,13-,14?,15-/m0/s1. The number of nitrogens with two attached hydrogens (primary N) is 4. The van der Waals surface area contributed by atoms with Crippen LogP contribution < -0.4 is 33.6 Å². The Morgan fingerprint density at radius 1 is 1.06 bits per heavy atom. The van der Waals surface area contributed by atoms with Crippen LogP contribution in [0, 0.1) is 5.92 Å². The van der Waals surface area contributed by atoms with Gasteiger partial charge in [0.15, 0.2) is 5.96 Å². The number of rotatable bonds is 13. The first-order valence-corrected chi connectivity index (χ1v) is 11.4. The highest BCUT2D eigenvalue weighted by Crippen LogP contribution is 2.17. The van der Waals surface area contributed by atoms with Gasteiger partial charge in [-0.25, -0.2) is 14.6 Å². The van der Waals surface area contributed by atoms with E-state index in [9.17, 15) is 39.6 Å². The van der Waals surface area contributed by atoms with Crippen LogP contribution in [-0.2, 0) is 14.4 Å². The van der Waals surface area contributed by atoms with E-state index in [1.807, 2.05) is 0 Å². The summed E-state index contributed by atoms with van der Waals surface area (Å²) < 4.78 is 0. The van der Waals surface area contributed by atoms with Gasteiger partial charge in [-0.1, -0.05) is 13.8 Å². The monoisotopic (exact) mass is 518 g/mol. The Morgan fingerprint density at radius 3 is 2.11 bits per heavy atom. The molecule has 0 spiro atoms. The molecule has 16 nitrogen and oxygen atoms in total. The number of carbonyl (C=O) groups is 4. The number of hydrogen-bond acceptors (Lipinski definition) is 11. The second-order valence-electron chi connectivity index (χ2n) is 9.12. The minimum Gasteiger partial charge on any atom is -0.480 e. The Labute approximate surface area is 208 Å². The number of aliphatic hydroxyl groups excluding tert-OH is 3. The van der Waals surface area contributed by atoms with Crippen molar-refractivity contribution in [3.63, 3.8) is 0 Å². The van der Waals surface area contributed by atoms with Crippen LogP contribution >= 0.6 is 0 Å². The molecule has 0 aromatic rings. The van der Waals surface area contributed by atoms with Crippen LogP contribution in [0.4, 0.5) is 4.79 Å². The number of guanidine groups is 1. The van der Waals surface area contributed by atoms with E-state index >= 15 is 0 Å². The number of nitrogens with one attached hydrogen (secondary N) is 2. The average Bonchev–Trinajstić information content (AvgIpc) is 3.20. The number of carboxylic acids is 1. The van der Waals surface area contributed by atoms with Crippen LogP contribution in [0.3, 0.4) is 0 Å². The molecule has 0 fully saturated rings. The molecule has 0 saturated heterocycles. The van der Waals surface area contributed by atoms with Crippen molar-refractivity contribution in [1.82, 2.24) is 15.5 Å². The molecule has 36 heavy (non-hydrogen) atoms. The molecule has 0 bridgehead atoms. The lowest BCUT2D eigenvalue weighted by atomic mass is 9.95. The van der Waals surface area contributed by atoms with Gasteiger partial charge in [0.05, 0.1) is 18.7 Å². The molecular formula is C20H38N8O8. The lowest BCUT2D eigenvalue weighted by Gasteiger charge is -2.27. The summed E-state index contributed by atoms with van der Waals surface area (Å²) in [7, 11) is 0. The average molecular weight is 519 g/mol. The van der Waals surface area contributed by atoms with Crippen LogP contribution in [-0.4, -0.2) is 110 Å². The van der Waals surface area contributed by atoms with Gasteiger partial charge >= 0.3 is 12.0 Å². The van der Waals surface area contributed by atoms with Crippen molar-refractivity contribution in [3.05, 3.63) is 0 Å². The minimum atomic E-state index is -1.68. The largest absolute Gasteiger partial charge is 0.480 e. The minimum absolute atomic E-state index is 0.0436. The van der Waals surface area contributed by atoms with Gasteiger partial charge in [-0.05, 0) is 25.7 Å². The zero-order chi connectivity index (χ0) is 27.9. The van der Waals surface area contributed by atoms with Gasteiger partial charge in [0.2, 0.25) is 11.8 Å². The highest BCUT2D eigenvalue weighted by Gasteiger charge is 2.38. The van der Waals surface area contributed by atoms with Gasteiger partial charge in [-0.2, -0.15) is 0 Å². The Kier molecular flexibility index (Phi) is 11.5. The molecule has 206 valence electrons. The van der Waals surface area contributed by atoms with E-state index in [4.69, 9.17) is 22.9 Å². The number of primary amides is 1. The van der Waals surface area contributed by atoms with Gasteiger partial charge < -0.3 is 54.0 Å². The summed E-state index contributed by atoms with van der Waals surface area (Å²) in [6.45, 7) is 4.41. The van der Waals surface area contributed by atoms with Crippen LogP contribution in [0.1, 0.15) is 33.6 Å². The number of hydrogen-bond donors (Lipinski definition) is 10. The van der Waals surface area contributed by atoms with Gasteiger partial charge in [-0.15, -0.1) is 0 Å². The first-order chi connectivity index (χ1) is 16.6. The fourth-order valence-electron chi connectivity index (χ4n) is 3.48. The first kappa shape index (κ1) is 31.0. The van der Waals surface area contributed by atoms with Crippen LogP contribution in [0.25, 0.3) is 0 Å². The molecule has 1 aliphatic heterocycles. The molecule has 1 unspecified atom stereocenters. The van der Waals surface area contributed by atoms with Crippen molar-refractivity contribution in [2.75, 3.05) is 6.54 Å². The lowest BCUT2D eigenvalue weighted by Crippen LogP contribution is -2.57. The summed E-state index contributed by atoms with van der Waals surface area (Å²) in [6.07, 6.45) is -4.93. The third kappa shape index (κ3) is 8.27. The third-order valence-electron chi connectivity index (χ3n) is 5.89. The summed E-state index contributed by atoms with van der Waals surface area (Å²) >= 11 is 0. The molecule has 0 aromatic heterocycles. The molecule has 1 heterocycles. The van der Waals surface area contributed by atoms with E-state index in [2.05, 4.69) is 15.6 Å². The quantitative estimate of drug-likeness (QED) is 0.110. The molecule has 14 N–H and O–H groups in total. The Morgan fingerprint density at radius 2 is 1.64 bits per heavy atom. The van der Waals surface area contributed by atoms with Crippen molar-refractivity contribution < 1.29 is 39.6 Å². The van der Waals surface area contributed by atoms with Gasteiger partial charge in [0.1, 0.15) is 30.3 Å². The molecule has 0 saturated carbocycles. The highest BCUT2D eigenvalue weighted by atomic mass is 16.4. The Bertz CT molecular complexity index is 841. The third-order valence-corrected chi connectivity index (χ3v) is 5.89. The number of aliphatic carboxylic acids is 1.